The van der Waals surface area contributed by atoms with Gasteiger partial charge < -0.3 is 5.32 Å². The maximum atomic E-state index is 12.4. The van der Waals surface area contributed by atoms with Crippen LogP contribution in [0.5, 0.6) is 0 Å². The number of pyridine rings is 1. The number of thiophene rings is 1. The first-order valence-corrected chi connectivity index (χ1v) is 10.1. The number of rotatable bonds is 7. The van der Waals surface area contributed by atoms with E-state index in [4.69, 9.17) is 11.6 Å². The highest BCUT2D eigenvalue weighted by Gasteiger charge is 2.13. The topological polar surface area (TPSA) is 42.0 Å². The molecule has 3 nitrogen and oxygen atoms in total. The summed E-state index contributed by atoms with van der Waals surface area (Å²) in [6, 6.07) is 13.7. The summed E-state index contributed by atoms with van der Waals surface area (Å²) in [7, 11) is 0. The first kappa shape index (κ1) is 18.0. The Morgan fingerprint density at radius 1 is 1.08 bits per heavy atom. The van der Waals surface area contributed by atoms with Crippen molar-refractivity contribution in [1.82, 2.24) is 10.3 Å². The molecule has 2 heterocycles. The molecule has 1 N–H and O–H groups in total. The maximum absolute atomic E-state index is 12.4. The third kappa shape index (κ3) is 5.33. The smallest absolute Gasteiger partial charge is 0.262 e. The summed E-state index contributed by atoms with van der Waals surface area (Å²) in [5.74, 6) is 0.811. The Balaban J connectivity index is 1.52. The number of amides is 1. The minimum absolute atomic E-state index is 0.0128. The van der Waals surface area contributed by atoms with Crippen LogP contribution in [0.15, 0.2) is 65.1 Å². The van der Waals surface area contributed by atoms with Crippen LogP contribution in [0.3, 0.4) is 0 Å². The summed E-state index contributed by atoms with van der Waals surface area (Å²) in [4.78, 5) is 18.3. The molecule has 0 saturated carbocycles. The Kier molecular flexibility index (Phi) is 6.50. The van der Waals surface area contributed by atoms with Gasteiger partial charge in [-0.15, -0.1) is 23.1 Å². The molecule has 0 saturated heterocycles. The Labute approximate surface area is 160 Å². The van der Waals surface area contributed by atoms with Crippen LogP contribution in [0.1, 0.15) is 20.8 Å². The van der Waals surface area contributed by atoms with E-state index < -0.39 is 0 Å². The quantitative estimate of drug-likeness (QED) is 0.575. The lowest BCUT2D eigenvalue weighted by Gasteiger charge is -2.07. The number of thioether (sulfide) groups is 1. The first-order chi connectivity index (χ1) is 12.2. The summed E-state index contributed by atoms with van der Waals surface area (Å²) in [6.07, 6.45) is 4.36. The molecule has 1 amide bonds. The first-order valence-electron chi connectivity index (χ1n) is 7.84. The van der Waals surface area contributed by atoms with E-state index in [9.17, 15) is 4.79 Å². The molecule has 0 atom stereocenters. The Bertz CT molecular complexity index is 819. The van der Waals surface area contributed by atoms with E-state index in [1.165, 1.54) is 16.9 Å². The van der Waals surface area contributed by atoms with Gasteiger partial charge in [-0.2, -0.15) is 0 Å². The van der Waals surface area contributed by atoms with Gasteiger partial charge in [0.25, 0.3) is 5.91 Å². The number of nitrogens with one attached hydrogen (secondary N) is 1. The van der Waals surface area contributed by atoms with Crippen molar-refractivity contribution in [3.8, 4) is 0 Å². The zero-order chi connectivity index (χ0) is 17.5. The second kappa shape index (κ2) is 9.04. The van der Waals surface area contributed by atoms with Crippen molar-refractivity contribution < 1.29 is 4.79 Å². The van der Waals surface area contributed by atoms with E-state index in [0.29, 0.717) is 6.54 Å². The summed E-state index contributed by atoms with van der Waals surface area (Å²) in [5.41, 5.74) is 2.35. The molecule has 128 valence electrons. The van der Waals surface area contributed by atoms with Crippen LogP contribution in [0, 0.1) is 0 Å². The molecule has 3 rings (SSSR count). The molecule has 0 radical (unpaired) electrons. The minimum Gasteiger partial charge on any atom is -0.351 e. The van der Waals surface area contributed by atoms with Gasteiger partial charge in [0.15, 0.2) is 0 Å². The average molecular weight is 389 g/mol. The fourth-order valence-electron chi connectivity index (χ4n) is 2.27. The molecular formula is C19H17ClN2OS2. The van der Waals surface area contributed by atoms with E-state index in [0.717, 1.165) is 32.5 Å². The molecule has 1 aromatic carbocycles. The molecule has 0 fully saturated rings. The molecule has 0 aliphatic rings. The number of benzene rings is 1. The number of halogens is 1. The van der Waals surface area contributed by atoms with Crippen molar-refractivity contribution in [3.05, 3.63) is 81.3 Å². The van der Waals surface area contributed by atoms with Crippen molar-refractivity contribution in [2.75, 3.05) is 6.54 Å². The van der Waals surface area contributed by atoms with Crippen LogP contribution in [0.25, 0.3) is 0 Å². The molecule has 25 heavy (non-hydrogen) atoms. The fraction of sp³-hybridized carbons (Fsp3) is 0.158. The highest BCUT2D eigenvalue weighted by Crippen LogP contribution is 2.30. The largest absolute Gasteiger partial charge is 0.351 e. The van der Waals surface area contributed by atoms with Crippen molar-refractivity contribution in [2.24, 2.45) is 0 Å². The summed E-state index contributed by atoms with van der Waals surface area (Å²) in [5, 5.41) is 5.69. The molecule has 0 unspecified atom stereocenters. The number of hydrogen-bond donors (Lipinski definition) is 1. The van der Waals surface area contributed by atoms with Crippen molar-refractivity contribution in [3.63, 3.8) is 0 Å². The molecule has 0 aliphatic carbocycles. The van der Waals surface area contributed by atoms with Gasteiger partial charge >= 0.3 is 0 Å². The average Bonchev–Trinajstić information content (AvgIpc) is 3.11. The van der Waals surface area contributed by atoms with Gasteiger partial charge in [0.05, 0.1) is 0 Å². The standard InChI is InChI=1S/C19H17ClN2OS2/c20-16-3-1-14(2-4-16)7-11-22-19(23)18-17(8-12-24-18)25-13-15-5-9-21-10-6-15/h1-6,8-10,12H,7,11,13H2,(H,22,23). The van der Waals surface area contributed by atoms with Crippen LogP contribution in [0.2, 0.25) is 5.02 Å². The van der Waals surface area contributed by atoms with E-state index in [2.05, 4.69) is 10.3 Å². The highest BCUT2D eigenvalue weighted by atomic mass is 35.5. The van der Waals surface area contributed by atoms with Gasteiger partial charge in [-0.3, -0.25) is 9.78 Å². The van der Waals surface area contributed by atoms with Crippen molar-refractivity contribution in [2.45, 2.75) is 17.1 Å². The van der Waals surface area contributed by atoms with Gasteiger partial charge in [0, 0.05) is 34.6 Å². The summed E-state index contributed by atoms with van der Waals surface area (Å²) >= 11 is 9.03. The predicted molar refractivity (Wildman–Crippen MR) is 106 cm³/mol. The SMILES string of the molecule is O=C(NCCc1ccc(Cl)cc1)c1sccc1SCc1ccncc1. The lowest BCUT2D eigenvalue weighted by Crippen LogP contribution is -2.25. The number of nitrogens with zero attached hydrogens (tertiary/aromatic N) is 1. The van der Waals surface area contributed by atoms with Gasteiger partial charge in [0.2, 0.25) is 0 Å². The van der Waals surface area contributed by atoms with Crippen LogP contribution in [-0.2, 0) is 12.2 Å². The normalized spacial score (nSPS) is 10.6. The Hall–Kier alpha value is -1.82. The zero-order valence-corrected chi connectivity index (χ0v) is 15.8. The molecule has 0 bridgehead atoms. The maximum Gasteiger partial charge on any atom is 0.262 e. The third-order valence-corrected chi connectivity index (χ3v) is 6.01. The van der Waals surface area contributed by atoms with Crippen LogP contribution in [-0.4, -0.2) is 17.4 Å². The molecule has 3 aromatic rings. The van der Waals surface area contributed by atoms with Gasteiger partial charge in [-0.1, -0.05) is 23.7 Å². The molecule has 2 aromatic heterocycles. The van der Waals surface area contributed by atoms with Gasteiger partial charge in [0.1, 0.15) is 4.88 Å². The van der Waals surface area contributed by atoms with Crippen LogP contribution >= 0.6 is 34.7 Å². The lowest BCUT2D eigenvalue weighted by atomic mass is 10.1. The van der Waals surface area contributed by atoms with Crippen molar-refractivity contribution >= 4 is 40.6 Å². The van der Waals surface area contributed by atoms with Crippen molar-refractivity contribution in [1.29, 1.82) is 0 Å². The molecular weight excluding hydrogens is 372 g/mol. The second-order valence-corrected chi connectivity index (χ2v) is 7.76. The van der Waals surface area contributed by atoms with E-state index in [1.54, 1.807) is 24.2 Å². The highest BCUT2D eigenvalue weighted by molar-refractivity contribution is 7.98. The second-order valence-electron chi connectivity index (χ2n) is 5.39. The number of aromatic nitrogens is 1. The van der Waals surface area contributed by atoms with Crippen LogP contribution < -0.4 is 5.32 Å². The Morgan fingerprint density at radius 2 is 1.84 bits per heavy atom. The number of carbonyl (C=O) groups excluding carboxylic acids is 1. The van der Waals surface area contributed by atoms with Gasteiger partial charge in [-0.25, -0.2) is 0 Å². The fourth-order valence-corrected chi connectivity index (χ4v) is 4.41. The third-order valence-electron chi connectivity index (χ3n) is 3.59. The zero-order valence-electron chi connectivity index (χ0n) is 13.4. The summed E-state index contributed by atoms with van der Waals surface area (Å²) < 4.78 is 0. The number of hydrogen-bond acceptors (Lipinski definition) is 4. The minimum atomic E-state index is -0.0128. The van der Waals surface area contributed by atoms with E-state index in [-0.39, 0.29) is 5.91 Å². The van der Waals surface area contributed by atoms with E-state index >= 15 is 0 Å². The summed E-state index contributed by atoms with van der Waals surface area (Å²) in [6.45, 7) is 0.604. The molecule has 0 spiro atoms. The van der Waals surface area contributed by atoms with Gasteiger partial charge in [-0.05, 0) is 53.3 Å². The van der Waals surface area contributed by atoms with E-state index in [1.807, 2.05) is 47.8 Å². The predicted octanol–water partition coefficient (Wildman–Crippen LogP) is 5.06. The molecule has 6 heteroatoms. The molecule has 0 aliphatic heterocycles. The Morgan fingerprint density at radius 3 is 2.60 bits per heavy atom. The lowest BCUT2D eigenvalue weighted by molar-refractivity contribution is 0.0955. The monoisotopic (exact) mass is 388 g/mol. The van der Waals surface area contributed by atoms with Crippen LogP contribution in [0.4, 0.5) is 0 Å². The number of carbonyl (C=O) groups is 1.